The first-order chi connectivity index (χ1) is 8.13. The summed E-state index contributed by atoms with van der Waals surface area (Å²) in [6.07, 6.45) is 1.89. The van der Waals surface area contributed by atoms with Gasteiger partial charge in [-0.15, -0.1) is 5.10 Å². The molecule has 1 heterocycles. The van der Waals surface area contributed by atoms with Crippen molar-refractivity contribution in [2.24, 2.45) is 0 Å². The van der Waals surface area contributed by atoms with E-state index in [1.165, 1.54) is 3.57 Å². The van der Waals surface area contributed by atoms with Gasteiger partial charge in [0, 0.05) is 8.04 Å². The lowest BCUT2D eigenvalue weighted by molar-refractivity contribution is 0.743. The van der Waals surface area contributed by atoms with Crippen molar-refractivity contribution in [3.05, 3.63) is 31.9 Å². The summed E-state index contributed by atoms with van der Waals surface area (Å²) >= 11 is 5.82. The van der Waals surface area contributed by atoms with Crippen molar-refractivity contribution < 1.29 is 0 Å². The summed E-state index contributed by atoms with van der Waals surface area (Å²) < 4.78 is 3.97. The molecule has 4 nitrogen and oxygen atoms in total. The normalized spacial score (nSPS) is 10.8. The fraction of sp³-hybridized carbons (Fsp3) is 0.273. The third-order valence-corrected chi connectivity index (χ3v) is 3.72. The number of benzene rings is 1. The van der Waals surface area contributed by atoms with E-state index >= 15 is 0 Å². The Hall–Kier alpha value is -0.630. The fourth-order valence-electron chi connectivity index (χ4n) is 1.63. The summed E-state index contributed by atoms with van der Waals surface area (Å²) in [5.41, 5.74) is 7.77. The van der Waals surface area contributed by atoms with Crippen molar-refractivity contribution in [2.45, 2.75) is 19.8 Å². The Morgan fingerprint density at radius 2 is 2.24 bits per heavy atom. The van der Waals surface area contributed by atoms with Crippen LogP contribution < -0.4 is 5.73 Å². The van der Waals surface area contributed by atoms with E-state index in [4.69, 9.17) is 5.73 Å². The van der Waals surface area contributed by atoms with Gasteiger partial charge in [0.2, 0.25) is 0 Å². The molecule has 1 aromatic carbocycles. The lowest BCUT2D eigenvalue weighted by Gasteiger charge is -2.08. The summed E-state index contributed by atoms with van der Waals surface area (Å²) in [7, 11) is 0. The maximum Gasteiger partial charge on any atom is 0.169 e. The zero-order valence-corrected chi connectivity index (χ0v) is 13.1. The van der Waals surface area contributed by atoms with Crippen LogP contribution in [0.15, 0.2) is 22.7 Å². The van der Waals surface area contributed by atoms with Gasteiger partial charge in [0.05, 0.1) is 11.4 Å². The molecule has 0 spiro atoms. The number of nitrogens with two attached hydrogens (primary N) is 1. The minimum absolute atomic E-state index is 0.511. The average Bonchev–Trinajstić information content (AvgIpc) is 2.62. The second-order valence-electron chi connectivity index (χ2n) is 3.68. The van der Waals surface area contributed by atoms with Gasteiger partial charge in [0.1, 0.15) is 0 Å². The summed E-state index contributed by atoms with van der Waals surface area (Å²) in [5, 5.41) is 8.05. The van der Waals surface area contributed by atoms with Crippen molar-refractivity contribution in [3.63, 3.8) is 0 Å². The fourth-order valence-corrected chi connectivity index (χ4v) is 3.10. The maximum absolute atomic E-state index is 5.83. The zero-order chi connectivity index (χ0) is 12.4. The van der Waals surface area contributed by atoms with E-state index in [0.717, 1.165) is 28.7 Å². The molecule has 0 atom stereocenters. The highest BCUT2D eigenvalue weighted by Crippen LogP contribution is 2.25. The molecular weight excluding hydrogens is 395 g/mol. The number of halogens is 2. The molecule has 0 aliphatic rings. The van der Waals surface area contributed by atoms with E-state index in [1.807, 2.05) is 18.2 Å². The van der Waals surface area contributed by atoms with Crippen molar-refractivity contribution in [3.8, 4) is 5.69 Å². The Bertz CT molecular complexity index is 538. The van der Waals surface area contributed by atoms with E-state index in [2.05, 4.69) is 55.8 Å². The van der Waals surface area contributed by atoms with E-state index in [-0.39, 0.29) is 0 Å². The molecule has 17 heavy (non-hydrogen) atoms. The van der Waals surface area contributed by atoms with Gasteiger partial charge < -0.3 is 5.73 Å². The largest absolute Gasteiger partial charge is 0.381 e. The molecule has 0 saturated heterocycles. The van der Waals surface area contributed by atoms with Crippen LogP contribution in [-0.2, 0) is 6.42 Å². The smallest absolute Gasteiger partial charge is 0.169 e. The van der Waals surface area contributed by atoms with Crippen LogP contribution in [0, 0.1) is 3.57 Å². The van der Waals surface area contributed by atoms with Gasteiger partial charge in [-0.1, -0.05) is 18.6 Å². The number of aromatic nitrogens is 3. The molecule has 0 aliphatic carbocycles. The molecule has 2 aromatic rings. The lowest BCUT2D eigenvalue weighted by atomic mass is 10.2. The predicted octanol–water partition coefficient (Wildman–Crippen LogP) is 3.17. The Balaban J connectivity index is 2.52. The van der Waals surface area contributed by atoms with Crippen molar-refractivity contribution >= 4 is 44.3 Å². The molecule has 0 fully saturated rings. The molecule has 0 bridgehead atoms. The Labute approximate surface area is 122 Å². The standard InChI is InChI=1S/C11H12BrIN4/c1-2-3-10-11(14)15-16-17(10)9-5-4-7(13)6-8(9)12/h4-6H,2-3,14H2,1H3. The first-order valence-electron chi connectivity index (χ1n) is 5.29. The van der Waals surface area contributed by atoms with Crippen molar-refractivity contribution in [1.29, 1.82) is 0 Å². The molecule has 90 valence electrons. The molecule has 0 unspecified atom stereocenters. The number of nitrogen functional groups attached to an aromatic ring is 1. The number of hydrogen-bond donors (Lipinski definition) is 1. The van der Waals surface area contributed by atoms with Gasteiger partial charge in [-0.2, -0.15) is 0 Å². The van der Waals surface area contributed by atoms with E-state index in [1.54, 1.807) is 4.68 Å². The maximum atomic E-state index is 5.83. The Kier molecular flexibility index (Phi) is 4.03. The lowest BCUT2D eigenvalue weighted by Crippen LogP contribution is -2.04. The Morgan fingerprint density at radius 3 is 2.88 bits per heavy atom. The molecular formula is C11H12BrIN4. The van der Waals surface area contributed by atoms with Crippen LogP contribution in [0.2, 0.25) is 0 Å². The molecule has 2 N–H and O–H groups in total. The monoisotopic (exact) mass is 406 g/mol. The van der Waals surface area contributed by atoms with Gasteiger partial charge in [-0.05, 0) is 63.1 Å². The Morgan fingerprint density at radius 1 is 1.47 bits per heavy atom. The molecule has 0 amide bonds. The molecule has 0 radical (unpaired) electrons. The van der Waals surface area contributed by atoms with Gasteiger partial charge >= 0.3 is 0 Å². The van der Waals surface area contributed by atoms with Crippen LogP contribution in [0.3, 0.4) is 0 Å². The molecule has 0 aliphatic heterocycles. The highest BCUT2D eigenvalue weighted by Gasteiger charge is 2.13. The predicted molar refractivity (Wildman–Crippen MR) is 80.2 cm³/mol. The second kappa shape index (κ2) is 5.34. The van der Waals surface area contributed by atoms with Crippen LogP contribution >= 0.6 is 38.5 Å². The van der Waals surface area contributed by atoms with Gasteiger partial charge in [-0.25, -0.2) is 4.68 Å². The summed E-state index contributed by atoms with van der Waals surface area (Å²) in [6.45, 7) is 2.11. The van der Waals surface area contributed by atoms with Gasteiger partial charge in [0.25, 0.3) is 0 Å². The summed E-state index contributed by atoms with van der Waals surface area (Å²) in [4.78, 5) is 0. The molecule has 2 rings (SSSR count). The highest BCUT2D eigenvalue weighted by molar-refractivity contribution is 14.1. The summed E-state index contributed by atoms with van der Waals surface area (Å²) in [5.74, 6) is 0.511. The summed E-state index contributed by atoms with van der Waals surface area (Å²) in [6, 6.07) is 6.09. The third-order valence-electron chi connectivity index (χ3n) is 2.42. The quantitative estimate of drug-likeness (QED) is 0.796. The molecule has 6 heteroatoms. The van der Waals surface area contributed by atoms with Crippen molar-refractivity contribution in [2.75, 3.05) is 5.73 Å². The van der Waals surface area contributed by atoms with Crippen LogP contribution in [-0.4, -0.2) is 15.0 Å². The number of nitrogens with zero attached hydrogens (tertiary/aromatic N) is 3. The van der Waals surface area contributed by atoms with Crippen LogP contribution in [0.1, 0.15) is 19.0 Å². The van der Waals surface area contributed by atoms with Crippen LogP contribution in [0.25, 0.3) is 5.69 Å². The zero-order valence-electron chi connectivity index (χ0n) is 9.32. The number of hydrogen-bond acceptors (Lipinski definition) is 3. The minimum atomic E-state index is 0.511. The SMILES string of the molecule is CCCc1c(N)nnn1-c1ccc(I)cc1Br. The average molecular weight is 407 g/mol. The topological polar surface area (TPSA) is 56.7 Å². The molecule has 0 saturated carbocycles. The third kappa shape index (κ3) is 2.62. The van der Waals surface area contributed by atoms with Crippen molar-refractivity contribution in [1.82, 2.24) is 15.0 Å². The van der Waals surface area contributed by atoms with Crippen LogP contribution in [0.5, 0.6) is 0 Å². The first kappa shape index (κ1) is 12.8. The van der Waals surface area contributed by atoms with Gasteiger partial charge in [0.15, 0.2) is 5.82 Å². The van der Waals surface area contributed by atoms with Gasteiger partial charge in [-0.3, -0.25) is 0 Å². The second-order valence-corrected chi connectivity index (χ2v) is 5.78. The first-order valence-corrected chi connectivity index (χ1v) is 7.16. The number of anilines is 1. The van der Waals surface area contributed by atoms with E-state index in [0.29, 0.717) is 5.82 Å². The minimum Gasteiger partial charge on any atom is -0.381 e. The number of rotatable bonds is 3. The molecule has 1 aromatic heterocycles. The van der Waals surface area contributed by atoms with Crippen LogP contribution in [0.4, 0.5) is 5.82 Å². The van der Waals surface area contributed by atoms with E-state index < -0.39 is 0 Å². The van der Waals surface area contributed by atoms with E-state index in [9.17, 15) is 0 Å². The highest BCUT2D eigenvalue weighted by atomic mass is 127.